The van der Waals surface area contributed by atoms with Crippen molar-refractivity contribution >= 4 is 11.8 Å². The first kappa shape index (κ1) is 23.6. The average molecular weight is 462 g/mol. The molecule has 0 saturated heterocycles. The molecule has 2 aromatic rings. The third-order valence-corrected chi connectivity index (χ3v) is 6.31. The third-order valence-electron chi connectivity index (χ3n) is 6.31. The molecule has 0 aromatic heterocycles. The minimum atomic E-state index is -0.511. The van der Waals surface area contributed by atoms with E-state index in [0.29, 0.717) is 35.7 Å². The van der Waals surface area contributed by atoms with Gasteiger partial charge in [0.1, 0.15) is 6.61 Å². The maximum atomic E-state index is 13.0. The van der Waals surface area contributed by atoms with Gasteiger partial charge in [-0.25, -0.2) is 4.79 Å². The summed E-state index contributed by atoms with van der Waals surface area (Å²) in [6.45, 7) is 6.35. The summed E-state index contributed by atoms with van der Waals surface area (Å²) < 4.78 is 17.0. The van der Waals surface area contributed by atoms with Crippen LogP contribution in [0.25, 0.3) is 0 Å². The van der Waals surface area contributed by atoms with E-state index in [4.69, 9.17) is 14.2 Å². The lowest BCUT2D eigenvalue weighted by molar-refractivity contribution is -0.138. The minimum Gasteiger partial charge on any atom is -0.493 e. The summed E-state index contributed by atoms with van der Waals surface area (Å²) in [4.78, 5) is 26.0. The van der Waals surface area contributed by atoms with Crippen LogP contribution in [0.4, 0.5) is 0 Å². The Bertz CT molecular complexity index is 1160. The number of benzene rings is 2. The zero-order chi connectivity index (χ0) is 24.2. The van der Waals surface area contributed by atoms with Gasteiger partial charge in [0.05, 0.1) is 19.3 Å². The zero-order valence-corrected chi connectivity index (χ0v) is 20.2. The number of rotatable bonds is 7. The predicted octanol–water partition coefficient (Wildman–Crippen LogP) is 5.11. The number of allylic oxidation sites excluding steroid dienone is 3. The quantitative estimate of drug-likeness (QED) is 0.578. The lowest BCUT2D eigenvalue weighted by atomic mass is 9.75. The van der Waals surface area contributed by atoms with Crippen LogP contribution in [0, 0.1) is 6.92 Å². The maximum absolute atomic E-state index is 13.0. The minimum absolute atomic E-state index is 0.0618. The molecule has 6 nitrogen and oxygen atoms in total. The van der Waals surface area contributed by atoms with Crippen LogP contribution in [0.2, 0.25) is 0 Å². The molecule has 4 rings (SSSR count). The summed E-state index contributed by atoms with van der Waals surface area (Å²) in [5, 5.41) is 3.30. The van der Waals surface area contributed by atoms with Crippen LogP contribution in [0.5, 0.6) is 11.5 Å². The second-order valence-electron chi connectivity index (χ2n) is 8.67. The monoisotopic (exact) mass is 461 g/mol. The lowest BCUT2D eigenvalue weighted by Crippen LogP contribution is -2.34. The highest BCUT2D eigenvalue weighted by Gasteiger charge is 2.39. The Balaban J connectivity index is 1.71. The zero-order valence-electron chi connectivity index (χ0n) is 20.2. The van der Waals surface area contributed by atoms with Gasteiger partial charge < -0.3 is 19.5 Å². The number of ketones is 1. The van der Waals surface area contributed by atoms with E-state index >= 15 is 0 Å². The molecule has 34 heavy (non-hydrogen) atoms. The van der Waals surface area contributed by atoms with Gasteiger partial charge in [-0.2, -0.15) is 0 Å². The second kappa shape index (κ2) is 10.2. The number of carbonyl (C=O) groups excluding carboxylic acids is 2. The number of dihydropyridines is 1. The van der Waals surface area contributed by atoms with E-state index in [9.17, 15) is 9.59 Å². The van der Waals surface area contributed by atoms with E-state index in [1.165, 1.54) is 5.56 Å². The summed E-state index contributed by atoms with van der Waals surface area (Å²) in [7, 11) is 1.59. The number of aryl methyl sites for hydroxylation is 1. The van der Waals surface area contributed by atoms with Gasteiger partial charge in [0.15, 0.2) is 17.3 Å². The Hall–Kier alpha value is -3.54. The van der Waals surface area contributed by atoms with E-state index in [0.717, 1.165) is 35.4 Å². The van der Waals surface area contributed by atoms with Crippen LogP contribution < -0.4 is 14.8 Å². The summed E-state index contributed by atoms with van der Waals surface area (Å²) in [5.74, 6) is 0.286. The molecule has 6 heteroatoms. The van der Waals surface area contributed by atoms with Crippen molar-refractivity contribution in [1.29, 1.82) is 0 Å². The average Bonchev–Trinajstić information content (AvgIpc) is 2.83. The maximum Gasteiger partial charge on any atom is 0.336 e. The first-order valence-corrected chi connectivity index (χ1v) is 11.7. The topological polar surface area (TPSA) is 73.9 Å². The molecule has 0 bridgehead atoms. The van der Waals surface area contributed by atoms with Crippen LogP contribution in [-0.2, 0) is 20.9 Å². The summed E-state index contributed by atoms with van der Waals surface area (Å²) >= 11 is 0. The van der Waals surface area contributed by atoms with E-state index < -0.39 is 11.9 Å². The fraction of sp³-hybridized carbons (Fsp3) is 0.357. The molecule has 2 aliphatic rings. The van der Waals surface area contributed by atoms with Gasteiger partial charge in [-0.3, -0.25) is 4.79 Å². The molecule has 0 amide bonds. The lowest BCUT2D eigenvalue weighted by Gasteiger charge is -2.34. The Kier molecular flexibility index (Phi) is 7.06. The molecule has 1 N–H and O–H groups in total. The van der Waals surface area contributed by atoms with Crippen LogP contribution in [0.15, 0.2) is 65.0 Å². The highest BCUT2D eigenvalue weighted by Crippen LogP contribution is 2.44. The van der Waals surface area contributed by atoms with Crippen LogP contribution >= 0.6 is 0 Å². The molecule has 2 aromatic carbocycles. The number of esters is 1. The van der Waals surface area contributed by atoms with Crippen molar-refractivity contribution in [1.82, 2.24) is 5.32 Å². The molecular weight excluding hydrogens is 430 g/mol. The van der Waals surface area contributed by atoms with Gasteiger partial charge in [0.2, 0.25) is 0 Å². The molecule has 1 heterocycles. The van der Waals surface area contributed by atoms with Gasteiger partial charge in [-0.15, -0.1) is 0 Å². The number of methoxy groups -OCH3 is 1. The summed E-state index contributed by atoms with van der Waals surface area (Å²) in [5.41, 5.74) is 5.77. The number of carbonyl (C=O) groups is 2. The van der Waals surface area contributed by atoms with Gasteiger partial charge in [-0.1, -0.05) is 35.9 Å². The molecule has 1 unspecified atom stereocenters. The largest absolute Gasteiger partial charge is 0.493 e. The molecular formula is C28H31NO5. The van der Waals surface area contributed by atoms with E-state index in [1.807, 2.05) is 56.3 Å². The Labute approximate surface area is 200 Å². The van der Waals surface area contributed by atoms with Crippen molar-refractivity contribution in [2.24, 2.45) is 0 Å². The standard InChI is InChI=1S/C28H31NO5/c1-5-33-28(31)25-18(3)29-21-7-6-8-22(30)27(21)26(25)20-13-14-23(24(15-20)32-4)34-16-19-11-9-17(2)10-12-19/h9-15,26,29H,5-8,16H2,1-4H3. The van der Waals surface area contributed by atoms with Gasteiger partial charge in [-0.05, 0) is 56.9 Å². The normalized spacial score (nSPS) is 17.8. The van der Waals surface area contributed by atoms with Crippen LogP contribution in [0.1, 0.15) is 55.7 Å². The SMILES string of the molecule is CCOC(=O)C1=C(C)NC2=C(C(=O)CCC2)C1c1ccc(OCc2ccc(C)cc2)c(OC)c1. The molecule has 1 aliphatic carbocycles. The van der Waals surface area contributed by atoms with E-state index in [2.05, 4.69) is 5.32 Å². The highest BCUT2D eigenvalue weighted by molar-refractivity contribution is 6.03. The Morgan fingerprint density at radius 3 is 2.53 bits per heavy atom. The van der Waals surface area contributed by atoms with Crippen molar-refractivity contribution in [3.63, 3.8) is 0 Å². The fourth-order valence-electron chi connectivity index (χ4n) is 4.62. The third kappa shape index (κ3) is 4.72. The Morgan fingerprint density at radius 1 is 1.06 bits per heavy atom. The molecule has 0 fully saturated rings. The number of hydrogen-bond donors (Lipinski definition) is 1. The summed E-state index contributed by atoms with van der Waals surface area (Å²) in [6, 6.07) is 13.8. The van der Waals surface area contributed by atoms with Crippen molar-refractivity contribution in [3.05, 3.63) is 81.7 Å². The highest BCUT2D eigenvalue weighted by atomic mass is 16.5. The van der Waals surface area contributed by atoms with Crippen molar-refractivity contribution < 1.29 is 23.8 Å². The van der Waals surface area contributed by atoms with E-state index in [1.54, 1.807) is 14.0 Å². The first-order valence-electron chi connectivity index (χ1n) is 11.7. The van der Waals surface area contributed by atoms with Crippen molar-refractivity contribution in [2.45, 2.75) is 52.6 Å². The molecule has 1 atom stereocenters. The van der Waals surface area contributed by atoms with Crippen LogP contribution in [-0.4, -0.2) is 25.5 Å². The number of Topliss-reactive ketones (excluding diaryl/α,β-unsaturated/α-hetero) is 1. The van der Waals surface area contributed by atoms with Crippen LogP contribution in [0.3, 0.4) is 0 Å². The smallest absolute Gasteiger partial charge is 0.336 e. The van der Waals surface area contributed by atoms with Gasteiger partial charge in [0.25, 0.3) is 0 Å². The number of ether oxygens (including phenoxy) is 3. The predicted molar refractivity (Wildman–Crippen MR) is 130 cm³/mol. The molecule has 178 valence electrons. The summed E-state index contributed by atoms with van der Waals surface area (Å²) in [6.07, 6.45) is 2.05. The molecule has 0 saturated carbocycles. The number of hydrogen-bond acceptors (Lipinski definition) is 6. The van der Waals surface area contributed by atoms with Crippen molar-refractivity contribution in [3.8, 4) is 11.5 Å². The van der Waals surface area contributed by atoms with E-state index in [-0.39, 0.29) is 12.4 Å². The first-order chi connectivity index (χ1) is 16.4. The second-order valence-corrected chi connectivity index (χ2v) is 8.67. The molecule has 0 spiro atoms. The molecule has 0 radical (unpaired) electrons. The fourth-order valence-corrected chi connectivity index (χ4v) is 4.62. The van der Waals surface area contributed by atoms with Crippen molar-refractivity contribution in [2.75, 3.05) is 13.7 Å². The van der Waals surface area contributed by atoms with Gasteiger partial charge >= 0.3 is 5.97 Å². The van der Waals surface area contributed by atoms with Gasteiger partial charge in [0, 0.05) is 29.3 Å². The Morgan fingerprint density at radius 2 is 1.82 bits per heavy atom. The number of nitrogens with one attached hydrogen (secondary N) is 1. The molecule has 1 aliphatic heterocycles.